The second-order valence-electron chi connectivity index (χ2n) is 6.87. The lowest BCUT2D eigenvalue weighted by atomic mass is 10.1. The average molecular weight is 567 g/mol. The van der Waals surface area contributed by atoms with E-state index in [2.05, 4.69) is 31.9 Å². The fourth-order valence-electron chi connectivity index (χ4n) is 3.05. The molecule has 0 aliphatic heterocycles. The van der Waals surface area contributed by atoms with Crippen LogP contribution in [-0.2, 0) is 0 Å². The highest BCUT2D eigenvalue weighted by Crippen LogP contribution is 2.28. The summed E-state index contributed by atoms with van der Waals surface area (Å²) in [4.78, 5) is 25.3. The molecule has 3 rings (SSSR count). The second kappa shape index (κ2) is 11.0. The number of nitrogens with one attached hydrogen (secondary N) is 3. The maximum atomic E-state index is 12.7. The van der Waals surface area contributed by atoms with Gasteiger partial charge in [0.15, 0.2) is 5.11 Å². The first-order valence-corrected chi connectivity index (χ1v) is 11.5. The topological polar surface area (TPSA) is 79.5 Å². The maximum Gasteiger partial charge on any atom is 0.261 e. The molecule has 0 aliphatic rings. The van der Waals surface area contributed by atoms with Crippen LogP contribution in [0.5, 0.6) is 5.75 Å². The third-order valence-corrected chi connectivity index (χ3v) is 5.68. The first-order chi connectivity index (χ1) is 15.7. The fourth-order valence-corrected chi connectivity index (χ4v) is 4.33. The van der Waals surface area contributed by atoms with E-state index in [0.717, 1.165) is 10.0 Å². The van der Waals surface area contributed by atoms with E-state index >= 15 is 0 Å². The highest BCUT2D eigenvalue weighted by molar-refractivity contribution is 9.10. The van der Waals surface area contributed by atoms with Crippen molar-refractivity contribution in [2.24, 2.45) is 0 Å². The molecule has 0 heterocycles. The molecule has 3 aromatic rings. The Labute approximate surface area is 214 Å². The van der Waals surface area contributed by atoms with Crippen LogP contribution in [0.1, 0.15) is 26.3 Å². The Kier molecular flexibility index (Phi) is 8.31. The van der Waals surface area contributed by atoms with Crippen LogP contribution in [0.25, 0.3) is 0 Å². The lowest BCUT2D eigenvalue weighted by Crippen LogP contribution is -2.34. The number of benzene rings is 3. The van der Waals surface area contributed by atoms with Crippen molar-refractivity contribution < 1.29 is 14.3 Å². The number of aryl methyl sites for hydroxylation is 1. The number of anilines is 2. The summed E-state index contributed by atoms with van der Waals surface area (Å²) in [6.07, 6.45) is 0. The molecule has 0 bridgehead atoms. The van der Waals surface area contributed by atoms with Crippen molar-refractivity contribution in [3.8, 4) is 5.75 Å². The van der Waals surface area contributed by atoms with Crippen molar-refractivity contribution in [2.45, 2.75) is 6.92 Å². The monoisotopic (exact) mass is 565 g/mol. The van der Waals surface area contributed by atoms with Gasteiger partial charge in [-0.2, -0.15) is 0 Å². The van der Waals surface area contributed by atoms with Crippen molar-refractivity contribution >= 4 is 79.7 Å². The summed E-state index contributed by atoms with van der Waals surface area (Å²) in [6, 6.07) is 15.0. The van der Waals surface area contributed by atoms with Crippen LogP contribution in [0.3, 0.4) is 0 Å². The zero-order valence-electron chi connectivity index (χ0n) is 17.5. The second-order valence-corrected chi connectivity index (χ2v) is 9.04. The van der Waals surface area contributed by atoms with E-state index in [-0.39, 0.29) is 16.0 Å². The third kappa shape index (κ3) is 6.45. The van der Waals surface area contributed by atoms with E-state index in [9.17, 15) is 9.59 Å². The number of ether oxygens (including phenoxy) is 1. The van der Waals surface area contributed by atoms with Crippen LogP contribution in [0.15, 0.2) is 59.1 Å². The van der Waals surface area contributed by atoms with Crippen LogP contribution < -0.4 is 20.7 Å². The number of hydrogen-bond donors (Lipinski definition) is 3. The van der Waals surface area contributed by atoms with Gasteiger partial charge in [0.05, 0.1) is 23.3 Å². The van der Waals surface area contributed by atoms with Gasteiger partial charge in [0.2, 0.25) is 0 Å². The molecule has 3 N–H and O–H groups in total. The number of methoxy groups -OCH3 is 1. The Morgan fingerprint density at radius 2 is 1.64 bits per heavy atom. The van der Waals surface area contributed by atoms with Crippen molar-refractivity contribution in [2.75, 3.05) is 17.7 Å². The Morgan fingerprint density at radius 3 is 2.30 bits per heavy atom. The summed E-state index contributed by atoms with van der Waals surface area (Å²) in [6.45, 7) is 1.84. The number of carbonyl (C=O) groups is 2. The molecule has 0 radical (unpaired) electrons. The number of hydrogen-bond acceptors (Lipinski definition) is 4. The third-order valence-electron chi connectivity index (χ3n) is 4.47. The number of amides is 2. The summed E-state index contributed by atoms with van der Waals surface area (Å²) >= 11 is 20.7. The van der Waals surface area contributed by atoms with Crippen molar-refractivity contribution in [1.82, 2.24) is 5.32 Å². The van der Waals surface area contributed by atoms with Gasteiger partial charge in [0.25, 0.3) is 11.8 Å². The largest absolute Gasteiger partial charge is 0.496 e. The predicted molar refractivity (Wildman–Crippen MR) is 140 cm³/mol. The Hall–Kier alpha value is -2.65. The van der Waals surface area contributed by atoms with Crippen LogP contribution >= 0.6 is 51.3 Å². The lowest BCUT2D eigenvalue weighted by molar-refractivity contribution is 0.0973. The van der Waals surface area contributed by atoms with Gasteiger partial charge in [-0.1, -0.05) is 45.2 Å². The molecule has 0 aliphatic carbocycles. The van der Waals surface area contributed by atoms with E-state index in [0.29, 0.717) is 33.3 Å². The molecule has 0 saturated carbocycles. The molecule has 33 heavy (non-hydrogen) atoms. The van der Waals surface area contributed by atoms with Gasteiger partial charge >= 0.3 is 0 Å². The van der Waals surface area contributed by atoms with Crippen LogP contribution in [0, 0.1) is 6.92 Å². The summed E-state index contributed by atoms with van der Waals surface area (Å²) in [5.41, 5.74) is 2.52. The molecule has 0 saturated heterocycles. The lowest BCUT2D eigenvalue weighted by Gasteiger charge is -2.14. The van der Waals surface area contributed by atoms with Gasteiger partial charge in [0, 0.05) is 20.9 Å². The zero-order chi connectivity index (χ0) is 24.1. The molecular formula is C23H18BrCl2N3O3S. The van der Waals surface area contributed by atoms with Crippen LogP contribution in [-0.4, -0.2) is 24.0 Å². The van der Waals surface area contributed by atoms with E-state index in [4.69, 9.17) is 40.2 Å². The first kappa shape index (κ1) is 25.0. The molecule has 0 fully saturated rings. The van der Waals surface area contributed by atoms with Gasteiger partial charge in [-0.15, -0.1) is 0 Å². The molecule has 2 amide bonds. The van der Waals surface area contributed by atoms with Crippen molar-refractivity contribution in [1.29, 1.82) is 0 Å². The summed E-state index contributed by atoms with van der Waals surface area (Å²) in [7, 11) is 1.50. The molecule has 10 heteroatoms. The van der Waals surface area contributed by atoms with Crippen molar-refractivity contribution in [3.05, 3.63) is 85.8 Å². The highest BCUT2D eigenvalue weighted by Gasteiger charge is 2.17. The van der Waals surface area contributed by atoms with Gasteiger partial charge in [-0.3, -0.25) is 14.9 Å². The molecule has 0 unspecified atom stereocenters. The van der Waals surface area contributed by atoms with Gasteiger partial charge in [0.1, 0.15) is 5.75 Å². The average Bonchev–Trinajstić information content (AvgIpc) is 2.73. The summed E-state index contributed by atoms with van der Waals surface area (Å²) < 4.78 is 6.10. The first-order valence-electron chi connectivity index (χ1n) is 9.51. The molecule has 6 nitrogen and oxygen atoms in total. The molecule has 0 atom stereocenters. The van der Waals surface area contributed by atoms with Crippen LogP contribution in [0.2, 0.25) is 10.0 Å². The summed E-state index contributed by atoms with van der Waals surface area (Å²) in [5.74, 6) is -0.346. The number of halogens is 3. The standard InChI is InChI=1S/C23H18BrCl2N3O3S/c1-12-8-13(24)9-18(20(12)32-2)22(31)29-23(33)28-16-5-3-4-15(11-16)27-21(30)17-7-6-14(25)10-19(17)26/h3-11H,1-2H3,(H,27,30)(H2,28,29,31,33). The number of carbonyl (C=O) groups excluding carboxylic acids is 2. The predicted octanol–water partition coefficient (Wildman–Crippen LogP) is 6.45. The quantitative estimate of drug-likeness (QED) is 0.309. The Bertz CT molecular complexity index is 1250. The SMILES string of the molecule is COc1c(C)cc(Br)cc1C(=O)NC(=S)Nc1cccc(NC(=O)c2ccc(Cl)cc2Cl)c1. The Balaban J connectivity index is 1.68. The molecule has 0 spiro atoms. The zero-order valence-corrected chi connectivity index (χ0v) is 21.4. The normalized spacial score (nSPS) is 10.3. The Morgan fingerprint density at radius 1 is 0.939 bits per heavy atom. The number of thiocarbonyl (C=S) groups is 1. The van der Waals surface area contributed by atoms with Gasteiger partial charge in [-0.05, 0) is 73.2 Å². The maximum absolute atomic E-state index is 12.7. The van der Waals surface area contributed by atoms with E-state index < -0.39 is 5.91 Å². The van der Waals surface area contributed by atoms with Crippen molar-refractivity contribution in [3.63, 3.8) is 0 Å². The summed E-state index contributed by atoms with van der Waals surface area (Å²) in [5, 5.41) is 9.11. The minimum Gasteiger partial charge on any atom is -0.496 e. The van der Waals surface area contributed by atoms with E-state index in [1.165, 1.54) is 13.2 Å². The molecular weight excluding hydrogens is 549 g/mol. The van der Waals surface area contributed by atoms with Gasteiger partial charge in [-0.25, -0.2) is 0 Å². The van der Waals surface area contributed by atoms with E-state index in [1.807, 2.05) is 13.0 Å². The fraction of sp³-hybridized carbons (Fsp3) is 0.0870. The number of rotatable bonds is 5. The molecule has 0 aromatic heterocycles. The van der Waals surface area contributed by atoms with Gasteiger partial charge < -0.3 is 15.4 Å². The molecule has 3 aromatic carbocycles. The minimum absolute atomic E-state index is 0.0869. The van der Waals surface area contributed by atoms with Crippen LogP contribution in [0.4, 0.5) is 11.4 Å². The smallest absolute Gasteiger partial charge is 0.261 e. The van der Waals surface area contributed by atoms with E-state index in [1.54, 1.807) is 42.5 Å². The minimum atomic E-state index is -0.421. The highest BCUT2D eigenvalue weighted by atomic mass is 79.9. The molecule has 170 valence electrons.